The van der Waals surface area contributed by atoms with Crippen LogP contribution in [0.2, 0.25) is 0 Å². The highest BCUT2D eigenvalue weighted by Crippen LogP contribution is 2.15. The Morgan fingerprint density at radius 1 is 1.60 bits per heavy atom. The topological polar surface area (TPSA) is 112 Å². The van der Waals surface area contributed by atoms with Crippen molar-refractivity contribution in [3.8, 4) is 0 Å². The predicted octanol–water partition coefficient (Wildman–Crippen LogP) is 1.08. The number of aromatic carboxylic acids is 1. The molecule has 0 spiro atoms. The van der Waals surface area contributed by atoms with Crippen LogP contribution in [0.4, 0.5) is 0 Å². The first-order valence-electron chi connectivity index (χ1n) is 5.71. The van der Waals surface area contributed by atoms with E-state index in [0.717, 1.165) is 11.1 Å². The molecule has 0 saturated carbocycles. The molecule has 0 aliphatic carbocycles. The monoisotopic (exact) mass is 315 g/mol. The second-order valence-corrected chi connectivity index (χ2v) is 6.91. The van der Waals surface area contributed by atoms with Crippen LogP contribution in [0.25, 0.3) is 0 Å². The molecule has 2 aromatic heterocycles. The summed E-state index contributed by atoms with van der Waals surface area (Å²) in [6.45, 7) is 1.72. The quantitative estimate of drug-likeness (QED) is 0.738. The minimum atomic E-state index is -3.94. The first-order chi connectivity index (χ1) is 9.40. The zero-order valence-electron chi connectivity index (χ0n) is 10.5. The molecule has 108 valence electrons. The van der Waals surface area contributed by atoms with Gasteiger partial charge in [0.15, 0.2) is 5.03 Å². The zero-order valence-corrected chi connectivity index (χ0v) is 12.2. The van der Waals surface area contributed by atoms with Gasteiger partial charge in [-0.05, 0) is 24.8 Å². The molecule has 0 bridgehead atoms. The molecule has 7 nitrogen and oxygen atoms in total. The molecule has 0 aromatic carbocycles. The summed E-state index contributed by atoms with van der Waals surface area (Å²) in [5.74, 6) is -1.34. The van der Waals surface area contributed by atoms with E-state index >= 15 is 0 Å². The largest absolute Gasteiger partial charge is 0.478 e. The Kier molecular flexibility index (Phi) is 4.21. The van der Waals surface area contributed by atoms with Crippen molar-refractivity contribution < 1.29 is 18.3 Å². The van der Waals surface area contributed by atoms with Crippen LogP contribution in [0, 0.1) is 0 Å². The molecule has 3 N–H and O–H groups in total. The number of aromatic nitrogens is 2. The summed E-state index contributed by atoms with van der Waals surface area (Å²) in [4.78, 5) is 12.0. The number of hydrogen-bond donors (Lipinski definition) is 3. The molecule has 2 aromatic rings. The maximum atomic E-state index is 12.1. The fraction of sp³-hybridized carbons (Fsp3) is 0.273. The smallest absolute Gasteiger partial charge is 0.340 e. The summed E-state index contributed by atoms with van der Waals surface area (Å²) >= 11 is 1.53. The maximum Gasteiger partial charge on any atom is 0.340 e. The number of hydrogen-bond acceptors (Lipinski definition) is 5. The molecular formula is C11H13N3O4S2. The summed E-state index contributed by atoms with van der Waals surface area (Å²) in [7, 11) is -3.94. The normalized spacial score (nSPS) is 13.2. The van der Waals surface area contributed by atoms with Gasteiger partial charge in [-0.2, -0.15) is 5.10 Å². The summed E-state index contributed by atoms with van der Waals surface area (Å²) in [5.41, 5.74) is -0.374. The minimum Gasteiger partial charge on any atom is -0.478 e. The molecule has 1 unspecified atom stereocenters. The first-order valence-corrected chi connectivity index (χ1v) is 8.08. The lowest BCUT2D eigenvalue weighted by Crippen LogP contribution is -2.34. The molecule has 1 atom stereocenters. The standard InChI is InChI=1S/C11H13N3O4S2/c1-7(5-8-3-2-4-19-8)14-20(17,18)10-9(11(15)16)6-12-13-10/h2-4,6-7,14H,5H2,1H3,(H,12,13)(H,15,16). The van der Waals surface area contributed by atoms with E-state index in [1.807, 2.05) is 17.5 Å². The van der Waals surface area contributed by atoms with Crippen LogP contribution in [0.5, 0.6) is 0 Å². The van der Waals surface area contributed by atoms with E-state index in [4.69, 9.17) is 5.11 Å². The number of rotatable bonds is 6. The number of aromatic amines is 1. The van der Waals surface area contributed by atoms with Gasteiger partial charge in [-0.3, -0.25) is 5.10 Å². The van der Waals surface area contributed by atoms with Crippen LogP contribution in [-0.2, 0) is 16.4 Å². The maximum absolute atomic E-state index is 12.1. The van der Waals surface area contributed by atoms with Crippen molar-refractivity contribution in [2.24, 2.45) is 0 Å². The molecule has 0 saturated heterocycles. The molecule has 20 heavy (non-hydrogen) atoms. The Morgan fingerprint density at radius 3 is 2.95 bits per heavy atom. The van der Waals surface area contributed by atoms with E-state index in [9.17, 15) is 13.2 Å². The van der Waals surface area contributed by atoms with Crippen molar-refractivity contribution in [1.29, 1.82) is 0 Å². The highest BCUT2D eigenvalue weighted by Gasteiger charge is 2.26. The van der Waals surface area contributed by atoms with Crippen molar-refractivity contribution in [2.75, 3.05) is 0 Å². The van der Waals surface area contributed by atoms with Gasteiger partial charge >= 0.3 is 5.97 Å². The highest BCUT2D eigenvalue weighted by atomic mass is 32.2. The van der Waals surface area contributed by atoms with Gasteiger partial charge in [-0.15, -0.1) is 11.3 Å². The number of H-pyrrole nitrogens is 1. The molecule has 9 heteroatoms. The summed E-state index contributed by atoms with van der Waals surface area (Å²) in [6, 6.07) is 3.44. The average Bonchev–Trinajstić information content (AvgIpc) is 2.97. The van der Waals surface area contributed by atoms with E-state index in [1.165, 1.54) is 11.3 Å². The number of carboxylic acids is 1. The van der Waals surface area contributed by atoms with Gasteiger partial charge in [-0.1, -0.05) is 6.07 Å². The molecule has 2 heterocycles. The lowest BCUT2D eigenvalue weighted by atomic mass is 10.2. The van der Waals surface area contributed by atoms with Gasteiger partial charge in [0.1, 0.15) is 5.56 Å². The Hall–Kier alpha value is -1.71. The van der Waals surface area contributed by atoms with Crippen molar-refractivity contribution in [3.05, 3.63) is 34.2 Å². The highest BCUT2D eigenvalue weighted by molar-refractivity contribution is 7.89. The number of nitrogens with zero attached hydrogens (tertiary/aromatic N) is 1. The van der Waals surface area contributed by atoms with Crippen molar-refractivity contribution >= 4 is 27.3 Å². The number of carbonyl (C=O) groups is 1. The molecule has 0 radical (unpaired) electrons. The fourth-order valence-electron chi connectivity index (χ4n) is 1.73. The van der Waals surface area contributed by atoms with Crippen molar-refractivity contribution in [2.45, 2.75) is 24.4 Å². The third kappa shape index (κ3) is 3.24. The average molecular weight is 315 g/mol. The van der Waals surface area contributed by atoms with Gasteiger partial charge in [0, 0.05) is 10.9 Å². The van der Waals surface area contributed by atoms with Gasteiger partial charge in [-0.25, -0.2) is 17.9 Å². The Bertz CT molecular complexity index is 691. The van der Waals surface area contributed by atoms with Crippen LogP contribution in [0.1, 0.15) is 22.2 Å². The SMILES string of the molecule is CC(Cc1cccs1)NS(=O)(=O)c1[nH]ncc1C(=O)O. The molecule has 0 amide bonds. The van der Waals surface area contributed by atoms with E-state index < -0.39 is 21.0 Å². The molecule has 0 fully saturated rings. The third-order valence-electron chi connectivity index (χ3n) is 2.55. The van der Waals surface area contributed by atoms with E-state index in [-0.39, 0.29) is 11.6 Å². The Morgan fingerprint density at radius 2 is 2.35 bits per heavy atom. The first kappa shape index (κ1) is 14.7. The molecule has 2 rings (SSSR count). The van der Waals surface area contributed by atoms with Crippen LogP contribution < -0.4 is 4.72 Å². The Labute approximate surface area is 119 Å². The lowest BCUT2D eigenvalue weighted by molar-refractivity contribution is 0.0692. The summed E-state index contributed by atoms with van der Waals surface area (Å²) in [5, 5.41) is 16.1. The lowest BCUT2D eigenvalue weighted by Gasteiger charge is -2.12. The van der Waals surface area contributed by atoms with Gasteiger partial charge in [0.25, 0.3) is 10.0 Å². The molecular weight excluding hydrogens is 302 g/mol. The number of sulfonamides is 1. The van der Waals surface area contributed by atoms with Crippen LogP contribution in [0.3, 0.4) is 0 Å². The molecule has 0 aliphatic heterocycles. The number of thiophene rings is 1. The minimum absolute atomic E-state index is 0.358. The van der Waals surface area contributed by atoms with Crippen LogP contribution in [-0.4, -0.2) is 35.7 Å². The van der Waals surface area contributed by atoms with Crippen molar-refractivity contribution in [3.63, 3.8) is 0 Å². The summed E-state index contributed by atoms with van der Waals surface area (Å²) < 4.78 is 26.7. The number of nitrogens with one attached hydrogen (secondary N) is 2. The van der Waals surface area contributed by atoms with Gasteiger partial charge in [0.05, 0.1) is 6.20 Å². The predicted molar refractivity (Wildman–Crippen MR) is 73.4 cm³/mol. The van der Waals surface area contributed by atoms with Crippen LogP contribution in [0.15, 0.2) is 28.7 Å². The zero-order chi connectivity index (χ0) is 14.8. The number of carboxylic acid groups (broad SMARTS) is 1. The fourth-order valence-corrected chi connectivity index (χ4v) is 3.90. The Balaban J connectivity index is 2.14. The van der Waals surface area contributed by atoms with Crippen molar-refractivity contribution in [1.82, 2.24) is 14.9 Å². The molecule has 0 aliphatic rings. The summed E-state index contributed by atoms with van der Waals surface area (Å²) in [6.07, 6.45) is 1.51. The van der Waals surface area contributed by atoms with Gasteiger partial charge < -0.3 is 5.11 Å². The van der Waals surface area contributed by atoms with E-state index in [2.05, 4.69) is 14.9 Å². The van der Waals surface area contributed by atoms with E-state index in [0.29, 0.717) is 6.42 Å². The third-order valence-corrected chi connectivity index (χ3v) is 5.01. The second-order valence-electron chi connectivity index (χ2n) is 4.22. The van der Waals surface area contributed by atoms with E-state index in [1.54, 1.807) is 6.92 Å². The second kappa shape index (κ2) is 5.73. The van der Waals surface area contributed by atoms with Crippen LogP contribution >= 0.6 is 11.3 Å². The van der Waals surface area contributed by atoms with Gasteiger partial charge in [0.2, 0.25) is 0 Å².